The number of pyridine rings is 1. The third-order valence-corrected chi connectivity index (χ3v) is 2.77. The summed E-state index contributed by atoms with van der Waals surface area (Å²) < 4.78 is 0. The van der Waals surface area contributed by atoms with Crippen molar-refractivity contribution in [1.29, 1.82) is 0 Å². The standard InChI is InChI=1S/C13H9Cl2N3O2/c14-10-1-2-11(15)12(7-10)18-13(19)20-17-8-9-3-5-16-6-4-9/h1-8H,(H,18,19)/b17-8-. The van der Waals surface area contributed by atoms with E-state index in [4.69, 9.17) is 23.2 Å². The minimum atomic E-state index is -0.764. The number of hydrogen-bond acceptors (Lipinski definition) is 4. The Morgan fingerprint density at radius 2 is 2.00 bits per heavy atom. The summed E-state index contributed by atoms with van der Waals surface area (Å²) >= 11 is 11.7. The Hall–Kier alpha value is -2.11. The van der Waals surface area contributed by atoms with Crippen LogP contribution >= 0.6 is 23.2 Å². The van der Waals surface area contributed by atoms with Gasteiger partial charge in [-0.05, 0) is 35.9 Å². The molecule has 0 spiro atoms. The van der Waals surface area contributed by atoms with Crippen molar-refractivity contribution in [2.45, 2.75) is 0 Å². The minimum absolute atomic E-state index is 0.350. The molecule has 1 aromatic carbocycles. The normalized spacial score (nSPS) is 10.5. The van der Waals surface area contributed by atoms with Crippen LogP contribution in [-0.4, -0.2) is 17.3 Å². The maximum atomic E-state index is 11.5. The first-order valence-corrected chi connectivity index (χ1v) is 6.27. The van der Waals surface area contributed by atoms with Crippen LogP contribution in [0.3, 0.4) is 0 Å². The second kappa shape index (κ2) is 6.88. The van der Waals surface area contributed by atoms with Crippen LogP contribution in [0.15, 0.2) is 47.9 Å². The van der Waals surface area contributed by atoms with Gasteiger partial charge in [0.2, 0.25) is 0 Å². The van der Waals surface area contributed by atoms with Gasteiger partial charge in [0.1, 0.15) is 0 Å². The van der Waals surface area contributed by atoms with E-state index >= 15 is 0 Å². The highest BCUT2D eigenvalue weighted by Gasteiger charge is 2.07. The fraction of sp³-hybridized carbons (Fsp3) is 0. The number of nitrogens with one attached hydrogen (secondary N) is 1. The van der Waals surface area contributed by atoms with Crippen molar-refractivity contribution in [3.05, 3.63) is 58.3 Å². The summed E-state index contributed by atoms with van der Waals surface area (Å²) in [6, 6.07) is 8.14. The van der Waals surface area contributed by atoms with Gasteiger partial charge in [0, 0.05) is 17.4 Å². The van der Waals surface area contributed by atoms with E-state index in [1.807, 2.05) is 0 Å². The van der Waals surface area contributed by atoms with Crippen LogP contribution in [0.2, 0.25) is 10.0 Å². The van der Waals surface area contributed by atoms with Gasteiger partial charge in [-0.2, -0.15) is 0 Å². The van der Waals surface area contributed by atoms with Crippen molar-refractivity contribution in [2.24, 2.45) is 5.16 Å². The lowest BCUT2D eigenvalue weighted by molar-refractivity contribution is 0.167. The van der Waals surface area contributed by atoms with Gasteiger partial charge in [-0.1, -0.05) is 28.4 Å². The summed E-state index contributed by atoms with van der Waals surface area (Å²) in [6.07, 6.45) is 3.83. The second-order valence-corrected chi connectivity index (χ2v) is 4.49. The number of amides is 1. The predicted molar refractivity (Wildman–Crippen MR) is 78.4 cm³/mol. The zero-order chi connectivity index (χ0) is 14.4. The first-order chi connectivity index (χ1) is 9.65. The summed E-state index contributed by atoms with van der Waals surface area (Å²) in [7, 11) is 0. The van der Waals surface area contributed by atoms with E-state index in [0.29, 0.717) is 15.7 Å². The molecule has 1 aromatic heterocycles. The molecule has 0 unspecified atom stereocenters. The molecule has 0 aliphatic heterocycles. The summed E-state index contributed by atoms with van der Waals surface area (Å²) in [4.78, 5) is 20.0. The van der Waals surface area contributed by atoms with E-state index in [1.165, 1.54) is 12.3 Å². The Kier molecular flexibility index (Phi) is 4.92. The number of anilines is 1. The molecule has 0 aliphatic rings. The Morgan fingerprint density at radius 1 is 1.25 bits per heavy atom. The van der Waals surface area contributed by atoms with Gasteiger partial charge < -0.3 is 0 Å². The smallest absolute Gasteiger partial charge is 0.298 e. The van der Waals surface area contributed by atoms with Gasteiger partial charge in [0.05, 0.1) is 16.9 Å². The maximum Gasteiger partial charge on any atom is 0.437 e. The molecule has 1 heterocycles. The number of carbonyl (C=O) groups is 1. The van der Waals surface area contributed by atoms with Crippen LogP contribution in [0.25, 0.3) is 0 Å². The molecule has 0 aliphatic carbocycles. The molecule has 7 heteroatoms. The van der Waals surface area contributed by atoms with E-state index < -0.39 is 6.09 Å². The molecule has 0 saturated carbocycles. The fourth-order valence-corrected chi connectivity index (χ4v) is 1.65. The second-order valence-electron chi connectivity index (χ2n) is 3.64. The molecule has 0 bridgehead atoms. The SMILES string of the molecule is O=C(Nc1cc(Cl)ccc1Cl)O/N=C\c1ccncc1. The van der Waals surface area contributed by atoms with Crippen LogP contribution in [-0.2, 0) is 4.84 Å². The number of halogens is 2. The van der Waals surface area contributed by atoms with Crippen molar-refractivity contribution in [3.8, 4) is 0 Å². The van der Waals surface area contributed by atoms with Gasteiger partial charge in [-0.3, -0.25) is 15.1 Å². The monoisotopic (exact) mass is 309 g/mol. The number of nitrogens with zero attached hydrogens (tertiary/aromatic N) is 2. The van der Waals surface area contributed by atoms with E-state index in [2.05, 4.69) is 20.3 Å². The first kappa shape index (κ1) is 14.3. The molecule has 102 valence electrons. The molecule has 2 aromatic rings. The van der Waals surface area contributed by atoms with E-state index in [-0.39, 0.29) is 0 Å². The first-order valence-electron chi connectivity index (χ1n) is 5.51. The lowest BCUT2D eigenvalue weighted by Crippen LogP contribution is -2.11. The number of benzene rings is 1. The van der Waals surface area contributed by atoms with Gasteiger partial charge >= 0.3 is 6.09 Å². The topological polar surface area (TPSA) is 63.6 Å². The molecule has 0 radical (unpaired) electrons. The molecule has 20 heavy (non-hydrogen) atoms. The van der Waals surface area contributed by atoms with Crippen LogP contribution in [0.4, 0.5) is 10.5 Å². The molecule has 1 amide bonds. The minimum Gasteiger partial charge on any atom is -0.298 e. The van der Waals surface area contributed by atoms with E-state index in [9.17, 15) is 4.79 Å². The lowest BCUT2D eigenvalue weighted by Gasteiger charge is -2.05. The quantitative estimate of drug-likeness (QED) is 0.530. The van der Waals surface area contributed by atoms with Crippen molar-refractivity contribution < 1.29 is 9.63 Å². The average Bonchev–Trinajstić information content (AvgIpc) is 2.44. The predicted octanol–water partition coefficient (Wildman–Crippen LogP) is 3.97. The summed E-state index contributed by atoms with van der Waals surface area (Å²) in [6.45, 7) is 0. The maximum absolute atomic E-state index is 11.5. The summed E-state index contributed by atoms with van der Waals surface area (Å²) in [5.74, 6) is 0. The third-order valence-electron chi connectivity index (χ3n) is 2.21. The molecule has 1 N–H and O–H groups in total. The highest BCUT2D eigenvalue weighted by Crippen LogP contribution is 2.25. The van der Waals surface area contributed by atoms with Crippen molar-refractivity contribution in [3.63, 3.8) is 0 Å². The van der Waals surface area contributed by atoms with Gasteiger partial charge in [-0.15, -0.1) is 0 Å². The Labute approximate surface area is 125 Å². The zero-order valence-electron chi connectivity index (χ0n) is 10.1. The molecule has 0 atom stereocenters. The highest BCUT2D eigenvalue weighted by atomic mass is 35.5. The molecular formula is C13H9Cl2N3O2. The van der Waals surface area contributed by atoms with Crippen molar-refractivity contribution in [2.75, 3.05) is 5.32 Å². The fourth-order valence-electron chi connectivity index (χ4n) is 1.31. The lowest BCUT2D eigenvalue weighted by atomic mass is 10.3. The number of rotatable bonds is 3. The Bertz CT molecular complexity index is 633. The number of carbonyl (C=O) groups excluding carboxylic acids is 1. The van der Waals surface area contributed by atoms with Gasteiger partial charge in [-0.25, -0.2) is 4.79 Å². The Balaban J connectivity index is 1.93. The number of aromatic nitrogens is 1. The molecule has 2 rings (SSSR count). The van der Waals surface area contributed by atoms with Crippen LogP contribution in [0.5, 0.6) is 0 Å². The molecule has 5 nitrogen and oxygen atoms in total. The van der Waals surface area contributed by atoms with Crippen molar-refractivity contribution in [1.82, 2.24) is 4.98 Å². The summed E-state index contributed by atoms with van der Waals surface area (Å²) in [5.41, 5.74) is 1.11. The number of oxime groups is 1. The van der Waals surface area contributed by atoms with Crippen LogP contribution in [0, 0.1) is 0 Å². The molecular weight excluding hydrogens is 301 g/mol. The van der Waals surface area contributed by atoms with Crippen LogP contribution < -0.4 is 5.32 Å². The van der Waals surface area contributed by atoms with Gasteiger partial charge in [0.15, 0.2) is 0 Å². The van der Waals surface area contributed by atoms with Crippen molar-refractivity contribution >= 4 is 41.2 Å². The third kappa shape index (κ3) is 4.22. The van der Waals surface area contributed by atoms with E-state index in [1.54, 1.807) is 36.7 Å². The molecule has 0 fully saturated rings. The largest absolute Gasteiger partial charge is 0.437 e. The average molecular weight is 310 g/mol. The van der Waals surface area contributed by atoms with E-state index in [0.717, 1.165) is 5.56 Å². The Morgan fingerprint density at radius 3 is 2.75 bits per heavy atom. The highest BCUT2D eigenvalue weighted by molar-refractivity contribution is 6.35. The zero-order valence-corrected chi connectivity index (χ0v) is 11.6. The van der Waals surface area contributed by atoms with Crippen LogP contribution in [0.1, 0.15) is 5.56 Å². The molecule has 0 saturated heterocycles. The van der Waals surface area contributed by atoms with Gasteiger partial charge in [0.25, 0.3) is 0 Å². The summed E-state index contributed by atoms with van der Waals surface area (Å²) in [5, 5.41) is 6.78. The number of hydrogen-bond donors (Lipinski definition) is 1.